The van der Waals surface area contributed by atoms with Crippen LogP contribution in [-0.2, 0) is 6.42 Å². The van der Waals surface area contributed by atoms with Crippen LogP contribution >= 0.6 is 0 Å². The summed E-state index contributed by atoms with van der Waals surface area (Å²) < 4.78 is 0. The van der Waals surface area contributed by atoms with Gasteiger partial charge in [-0.3, -0.25) is 0 Å². The fraction of sp³-hybridized carbons (Fsp3) is 0.562. The molecule has 102 valence electrons. The number of nitrogens with one attached hydrogen (secondary N) is 1. The first-order chi connectivity index (χ1) is 9.31. The lowest BCUT2D eigenvalue weighted by Gasteiger charge is -2.32. The first-order valence-corrected chi connectivity index (χ1v) is 7.45. The van der Waals surface area contributed by atoms with Crippen LogP contribution in [-0.4, -0.2) is 30.2 Å². The molecule has 1 aromatic carbocycles. The molecule has 19 heavy (non-hydrogen) atoms. The van der Waals surface area contributed by atoms with E-state index < -0.39 is 0 Å². The zero-order valence-electron chi connectivity index (χ0n) is 11.9. The predicted molar refractivity (Wildman–Crippen MR) is 79.4 cm³/mol. The van der Waals surface area contributed by atoms with Gasteiger partial charge in [-0.2, -0.15) is 5.10 Å². The van der Waals surface area contributed by atoms with Gasteiger partial charge >= 0.3 is 0 Å². The van der Waals surface area contributed by atoms with E-state index in [0.29, 0.717) is 12.0 Å². The monoisotopic (exact) mass is 257 g/mol. The van der Waals surface area contributed by atoms with Gasteiger partial charge in [-0.25, -0.2) is 0 Å². The highest BCUT2D eigenvalue weighted by Crippen LogP contribution is 2.32. The molecule has 2 aliphatic heterocycles. The van der Waals surface area contributed by atoms with E-state index in [1.165, 1.54) is 16.8 Å². The quantitative estimate of drug-likeness (QED) is 0.901. The van der Waals surface area contributed by atoms with E-state index in [1.54, 1.807) is 0 Å². The zero-order chi connectivity index (χ0) is 13.2. The van der Waals surface area contributed by atoms with Crippen LogP contribution in [0.5, 0.6) is 0 Å². The number of nitrogens with zero attached hydrogens (tertiary/aromatic N) is 2. The summed E-state index contributed by atoms with van der Waals surface area (Å²) in [6.07, 6.45) is 2.22. The molecule has 0 radical (unpaired) electrons. The van der Waals surface area contributed by atoms with Crippen molar-refractivity contribution in [2.24, 2.45) is 11.0 Å². The average Bonchev–Trinajstić information content (AvgIpc) is 2.90. The van der Waals surface area contributed by atoms with E-state index in [4.69, 9.17) is 0 Å². The molecule has 1 saturated heterocycles. The topological polar surface area (TPSA) is 27.6 Å². The van der Waals surface area contributed by atoms with Crippen molar-refractivity contribution in [1.29, 1.82) is 0 Å². The molecule has 0 aromatic heterocycles. The normalized spacial score (nSPS) is 26.7. The second kappa shape index (κ2) is 5.33. The first-order valence-electron chi connectivity index (χ1n) is 7.45. The van der Waals surface area contributed by atoms with Crippen LogP contribution in [0.1, 0.15) is 37.4 Å². The van der Waals surface area contributed by atoms with Crippen molar-refractivity contribution < 1.29 is 0 Å². The van der Waals surface area contributed by atoms with Gasteiger partial charge in [0.2, 0.25) is 0 Å². The fourth-order valence-corrected chi connectivity index (χ4v) is 3.17. The Morgan fingerprint density at radius 1 is 1.26 bits per heavy atom. The highest BCUT2D eigenvalue weighted by atomic mass is 15.4. The number of hydrogen-bond acceptors (Lipinski definition) is 3. The second-order valence-corrected chi connectivity index (χ2v) is 5.55. The third-order valence-electron chi connectivity index (χ3n) is 4.51. The van der Waals surface area contributed by atoms with Gasteiger partial charge in [-0.1, -0.05) is 38.1 Å². The Balaban J connectivity index is 1.78. The van der Waals surface area contributed by atoms with E-state index in [1.807, 2.05) is 0 Å². The summed E-state index contributed by atoms with van der Waals surface area (Å²) in [5.74, 6) is 0.557. The summed E-state index contributed by atoms with van der Waals surface area (Å²) in [7, 11) is 0. The molecule has 2 aliphatic rings. The molecule has 1 aromatic rings. The summed E-state index contributed by atoms with van der Waals surface area (Å²) in [6, 6.07) is 9.39. The SMILES string of the molecule is CCc1ccc(C2NN=C3CCN(CC)CC32)cc1. The molecular weight excluding hydrogens is 234 g/mol. The number of rotatable bonds is 3. The lowest BCUT2D eigenvalue weighted by molar-refractivity contribution is 0.238. The lowest BCUT2D eigenvalue weighted by atomic mass is 9.86. The number of hydrazone groups is 1. The van der Waals surface area contributed by atoms with Crippen molar-refractivity contribution in [2.45, 2.75) is 32.7 Å². The van der Waals surface area contributed by atoms with Crippen molar-refractivity contribution in [3.8, 4) is 0 Å². The standard InChI is InChI=1S/C16H23N3/c1-3-12-5-7-13(8-6-12)16-14-11-19(4-2)10-9-15(14)17-18-16/h5-8,14,16,18H,3-4,9-11H2,1-2H3. The predicted octanol–water partition coefficient (Wildman–Crippen LogP) is 2.59. The van der Waals surface area contributed by atoms with Crippen LogP contribution in [0.3, 0.4) is 0 Å². The van der Waals surface area contributed by atoms with Gasteiger partial charge in [0.1, 0.15) is 0 Å². The summed E-state index contributed by atoms with van der Waals surface area (Å²) in [5, 5.41) is 4.57. The van der Waals surface area contributed by atoms with Crippen molar-refractivity contribution in [3.63, 3.8) is 0 Å². The molecular formula is C16H23N3. The van der Waals surface area contributed by atoms with Crippen molar-refractivity contribution >= 4 is 5.71 Å². The Labute approximate surface area is 115 Å². The molecule has 3 heteroatoms. The Morgan fingerprint density at radius 3 is 2.74 bits per heavy atom. The van der Waals surface area contributed by atoms with Gasteiger partial charge in [0.05, 0.1) is 6.04 Å². The van der Waals surface area contributed by atoms with Crippen LogP contribution in [0.15, 0.2) is 29.4 Å². The number of fused-ring (bicyclic) bond motifs is 1. The number of benzene rings is 1. The molecule has 2 unspecified atom stereocenters. The maximum absolute atomic E-state index is 4.57. The van der Waals surface area contributed by atoms with Crippen LogP contribution in [0.4, 0.5) is 0 Å². The summed E-state index contributed by atoms with van der Waals surface area (Å²) in [4.78, 5) is 2.53. The second-order valence-electron chi connectivity index (χ2n) is 5.55. The van der Waals surface area contributed by atoms with Crippen molar-refractivity contribution in [1.82, 2.24) is 10.3 Å². The Hall–Kier alpha value is -1.35. The van der Waals surface area contributed by atoms with E-state index in [9.17, 15) is 0 Å². The Bertz CT molecular complexity index is 463. The minimum absolute atomic E-state index is 0.371. The molecule has 0 bridgehead atoms. The van der Waals surface area contributed by atoms with Crippen molar-refractivity contribution in [2.75, 3.05) is 19.6 Å². The minimum atomic E-state index is 0.371. The Morgan fingerprint density at radius 2 is 2.05 bits per heavy atom. The number of piperidine rings is 1. The van der Waals surface area contributed by atoms with E-state index in [0.717, 1.165) is 32.5 Å². The minimum Gasteiger partial charge on any atom is -0.302 e. The van der Waals surface area contributed by atoms with Crippen molar-refractivity contribution in [3.05, 3.63) is 35.4 Å². The van der Waals surface area contributed by atoms with Gasteiger partial charge in [-0.15, -0.1) is 0 Å². The zero-order valence-corrected chi connectivity index (χ0v) is 11.9. The number of aryl methyl sites for hydroxylation is 1. The molecule has 2 atom stereocenters. The molecule has 0 aliphatic carbocycles. The largest absolute Gasteiger partial charge is 0.302 e. The molecule has 0 amide bonds. The first kappa shape index (κ1) is 12.7. The van der Waals surface area contributed by atoms with E-state index >= 15 is 0 Å². The lowest BCUT2D eigenvalue weighted by Crippen LogP contribution is -2.41. The molecule has 3 nitrogen and oxygen atoms in total. The fourth-order valence-electron chi connectivity index (χ4n) is 3.17. The van der Waals surface area contributed by atoms with Crippen LogP contribution in [0.2, 0.25) is 0 Å². The van der Waals surface area contributed by atoms with Crippen LogP contribution < -0.4 is 5.43 Å². The average molecular weight is 257 g/mol. The molecule has 0 spiro atoms. The number of likely N-dealkylation sites (tertiary alicyclic amines) is 1. The molecule has 3 rings (SSSR count). The maximum atomic E-state index is 4.57. The van der Waals surface area contributed by atoms with Gasteiger partial charge in [0.25, 0.3) is 0 Å². The summed E-state index contributed by atoms with van der Waals surface area (Å²) >= 11 is 0. The van der Waals surface area contributed by atoms with Gasteiger partial charge in [-0.05, 0) is 24.1 Å². The highest BCUT2D eigenvalue weighted by Gasteiger charge is 2.36. The van der Waals surface area contributed by atoms with Gasteiger partial charge in [0, 0.05) is 31.1 Å². The van der Waals surface area contributed by atoms with E-state index in [2.05, 4.69) is 53.5 Å². The third kappa shape index (κ3) is 2.39. The molecule has 0 saturated carbocycles. The summed E-state index contributed by atoms with van der Waals surface area (Å²) in [6.45, 7) is 7.89. The van der Waals surface area contributed by atoms with Gasteiger partial charge < -0.3 is 10.3 Å². The van der Waals surface area contributed by atoms with Crippen LogP contribution in [0, 0.1) is 5.92 Å². The third-order valence-corrected chi connectivity index (χ3v) is 4.51. The molecule has 1 N–H and O–H groups in total. The van der Waals surface area contributed by atoms with Gasteiger partial charge in [0.15, 0.2) is 0 Å². The smallest absolute Gasteiger partial charge is 0.0782 e. The Kier molecular flexibility index (Phi) is 3.56. The summed E-state index contributed by atoms with van der Waals surface area (Å²) in [5.41, 5.74) is 7.51. The molecule has 2 heterocycles. The van der Waals surface area contributed by atoms with Crippen LogP contribution in [0.25, 0.3) is 0 Å². The molecule has 1 fully saturated rings. The highest BCUT2D eigenvalue weighted by molar-refractivity contribution is 5.89. The number of hydrogen-bond donors (Lipinski definition) is 1. The maximum Gasteiger partial charge on any atom is 0.0782 e. The van der Waals surface area contributed by atoms with E-state index in [-0.39, 0.29) is 0 Å².